The molecule has 1 N–H and O–H groups in total. The molecule has 4 rings (SSSR count). The van der Waals surface area contributed by atoms with Crippen LogP contribution in [0.4, 0.5) is 5.95 Å². The van der Waals surface area contributed by atoms with Gasteiger partial charge < -0.3 is 10.2 Å². The number of rotatable bonds is 5. The Bertz CT molecular complexity index is 616. The molecule has 1 aliphatic heterocycles. The first-order valence-corrected chi connectivity index (χ1v) is 10.2. The Morgan fingerprint density at radius 2 is 1.85 bits per heavy atom. The van der Waals surface area contributed by atoms with Gasteiger partial charge in [-0.05, 0) is 56.9 Å². The largest absolute Gasteiger partial charge is 0.352 e. The lowest BCUT2D eigenvalue weighted by atomic mass is 9.84. The molecule has 2 aliphatic carbocycles. The van der Waals surface area contributed by atoms with Crippen LogP contribution >= 0.6 is 0 Å². The number of aromatic nitrogens is 2. The van der Waals surface area contributed by atoms with Crippen molar-refractivity contribution in [3.8, 4) is 0 Å². The first kappa shape index (κ1) is 17.7. The molecule has 1 aromatic heterocycles. The van der Waals surface area contributed by atoms with Gasteiger partial charge in [-0.1, -0.05) is 6.42 Å². The molecule has 1 saturated heterocycles. The van der Waals surface area contributed by atoms with Crippen LogP contribution in [0.3, 0.4) is 0 Å². The predicted molar refractivity (Wildman–Crippen MR) is 102 cm³/mol. The summed E-state index contributed by atoms with van der Waals surface area (Å²) >= 11 is 0. The summed E-state index contributed by atoms with van der Waals surface area (Å²) in [5.41, 5.74) is 0. The molecule has 2 heterocycles. The van der Waals surface area contributed by atoms with E-state index in [1.807, 2.05) is 13.0 Å². The fourth-order valence-electron chi connectivity index (χ4n) is 5.29. The lowest BCUT2D eigenvalue weighted by Gasteiger charge is -2.38. The van der Waals surface area contributed by atoms with Crippen molar-refractivity contribution >= 4 is 11.9 Å². The molecular formula is C20H31N5O. The van der Waals surface area contributed by atoms with E-state index in [1.165, 1.54) is 25.7 Å². The van der Waals surface area contributed by atoms with E-state index in [0.29, 0.717) is 12.0 Å². The Hall–Kier alpha value is -1.69. The van der Waals surface area contributed by atoms with Crippen molar-refractivity contribution in [3.05, 3.63) is 18.5 Å². The molecule has 2 saturated carbocycles. The maximum atomic E-state index is 12.8. The van der Waals surface area contributed by atoms with Gasteiger partial charge in [-0.15, -0.1) is 0 Å². The summed E-state index contributed by atoms with van der Waals surface area (Å²) in [4.78, 5) is 25.9. The van der Waals surface area contributed by atoms with Gasteiger partial charge in [-0.2, -0.15) is 0 Å². The van der Waals surface area contributed by atoms with Crippen molar-refractivity contribution in [2.75, 3.05) is 31.1 Å². The molecule has 6 heteroatoms. The number of amides is 1. The number of carbonyl (C=O) groups is 1. The zero-order valence-corrected chi connectivity index (χ0v) is 16.0. The van der Waals surface area contributed by atoms with Crippen LogP contribution in [0, 0.1) is 17.8 Å². The highest BCUT2D eigenvalue weighted by atomic mass is 16.2. The molecule has 5 unspecified atom stereocenters. The third kappa shape index (κ3) is 3.56. The van der Waals surface area contributed by atoms with Crippen molar-refractivity contribution < 1.29 is 4.79 Å². The monoisotopic (exact) mass is 357 g/mol. The zero-order chi connectivity index (χ0) is 18.1. The van der Waals surface area contributed by atoms with E-state index in [0.717, 1.165) is 44.0 Å². The zero-order valence-electron chi connectivity index (χ0n) is 16.0. The topological polar surface area (TPSA) is 61.4 Å². The highest BCUT2D eigenvalue weighted by molar-refractivity contribution is 5.81. The molecule has 5 atom stereocenters. The van der Waals surface area contributed by atoms with E-state index >= 15 is 0 Å². The average molecular weight is 358 g/mol. The van der Waals surface area contributed by atoms with Crippen molar-refractivity contribution in [1.82, 2.24) is 20.2 Å². The second-order valence-electron chi connectivity index (χ2n) is 8.38. The number of anilines is 1. The third-order valence-corrected chi connectivity index (χ3v) is 6.88. The van der Waals surface area contributed by atoms with E-state index in [9.17, 15) is 4.79 Å². The van der Waals surface area contributed by atoms with Gasteiger partial charge in [0.15, 0.2) is 0 Å². The fraction of sp³-hybridized carbons (Fsp3) is 0.750. The number of nitrogens with zero attached hydrogens (tertiary/aromatic N) is 4. The summed E-state index contributed by atoms with van der Waals surface area (Å²) < 4.78 is 0. The summed E-state index contributed by atoms with van der Waals surface area (Å²) in [5, 5.41) is 3.33. The minimum atomic E-state index is -0.0742. The van der Waals surface area contributed by atoms with Crippen molar-refractivity contribution in [2.45, 2.75) is 51.6 Å². The summed E-state index contributed by atoms with van der Waals surface area (Å²) in [7, 11) is 0. The van der Waals surface area contributed by atoms with Gasteiger partial charge in [-0.3, -0.25) is 9.69 Å². The lowest BCUT2D eigenvalue weighted by Crippen LogP contribution is -2.55. The van der Waals surface area contributed by atoms with Gasteiger partial charge in [0.2, 0.25) is 11.9 Å². The molecule has 0 spiro atoms. The van der Waals surface area contributed by atoms with E-state index in [2.05, 4.69) is 32.0 Å². The summed E-state index contributed by atoms with van der Waals surface area (Å²) in [5.74, 6) is 3.44. The molecule has 2 bridgehead atoms. The van der Waals surface area contributed by atoms with Crippen LogP contribution in [-0.2, 0) is 4.79 Å². The Morgan fingerprint density at radius 1 is 1.12 bits per heavy atom. The Kier molecular flexibility index (Phi) is 5.11. The van der Waals surface area contributed by atoms with Crippen molar-refractivity contribution in [2.24, 2.45) is 17.8 Å². The van der Waals surface area contributed by atoms with Crippen LogP contribution in [0.5, 0.6) is 0 Å². The van der Waals surface area contributed by atoms with Crippen LogP contribution in [0.15, 0.2) is 18.5 Å². The molecule has 142 valence electrons. The second kappa shape index (κ2) is 7.51. The molecule has 6 nitrogen and oxygen atoms in total. The number of piperazine rings is 1. The molecule has 26 heavy (non-hydrogen) atoms. The van der Waals surface area contributed by atoms with Gasteiger partial charge in [0.05, 0.1) is 6.04 Å². The molecule has 1 aromatic rings. The molecule has 3 aliphatic rings. The maximum Gasteiger partial charge on any atom is 0.237 e. The highest BCUT2D eigenvalue weighted by Gasteiger charge is 2.42. The summed E-state index contributed by atoms with van der Waals surface area (Å²) in [6.45, 7) is 7.72. The van der Waals surface area contributed by atoms with Crippen LogP contribution < -0.4 is 10.2 Å². The van der Waals surface area contributed by atoms with E-state index in [-0.39, 0.29) is 11.9 Å². The Balaban J connectivity index is 1.26. The molecule has 0 aromatic carbocycles. The van der Waals surface area contributed by atoms with Crippen molar-refractivity contribution in [3.63, 3.8) is 0 Å². The fourth-order valence-corrected chi connectivity index (χ4v) is 5.29. The van der Waals surface area contributed by atoms with Crippen molar-refractivity contribution in [1.29, 1.82) is 0 Å². The number of hydrogen-bond donors (Lipinski definition) is 1. The third-order valence-electron chi connectivity index (χ3n) is 6.88. The van der Waals surface area contributed by atoms with Crippen LogP contribution in [-0.4, -0.2) is 59.0 Å². The van der Waals surface area contributed by atoms with Crippen LogP contribution in [0.1, 0.15) is 39.5 Å². The minimum Gasteiger partial charge on any atom is -0.352 e. The van der Waals surface area contributed by atoms with E-state index in [1.54, 1.807) is 12.4 Å². The Labute approximate surface area is 156 Å². The lowest BCUT2D eigenvalue weighted by molar-refractivity contribution is -0.127. The molecule has 1 amide bonds. The normalized spacial score (nSPS) is 31.0. The first-order chi connectivity index (χ1) is 12.6. The highest BCUT2D eigenvalue weighted by Crippen LogP contribution is 2.49. The number of carbonyl (C=O) groups excluding carboxylic acids is 1. The maximum absolute atomic E-state index is 12.8. The summed E-state index contributed by atoms with van der Waals surface area (Å²) in [6, 6.07) is 2.07. The van der Waals surface area contributed by atoms with E-state index in [4.69, 9.17) is 0 Å². The van der Waals surface area contributed by atoms with Gasteiger partial charge in [0.1, 0.15) is 0 Å². The quantitative estimate of drug-likeness (QED) is 0.872. The van der Waals surface area contributed by atoms with Gasteiger partial charge >= 0.3 is 0 Å². The molecule has 3 fully saturated rings. The van der Waals surface area contributed by atoms with Crippen LogP contribution in [0.2, 0.25) is 0 Å². The molecule has 0 radical (unpaired) electrons. The number of fused-ring (bicyclic) bond motifs is 2. The van der Waals surface area contributed by atoms with Crippen LogP contribution in [0.25, 0.3) is 0 Å². The predicted octanol–water partition coefficient (Wildman–Crippen LogP) is 1.93. The standard InChI is InChI=1S/C20H31N5O/c1-14(18-13-16-4-5-17(18)12-16)23-19(26)15(2)24-8-10-25(11-9-24)20-21-6-3-7-22-20/h3,6-7,14-18H,4-5,8-13H2,1-2H3,(H,23,26). The second-order valence-corrected chi connectivity index (χ2v) is 8.38. The number of hydrogen-bond acceptors (Lipinski definition) is 5. The van der Waals surface area contributed by atoms with Gasteiger partial charge in [0, 0.05) is 44.6 Å². The molecular weight excluding hydrogens is 326 g/mol. The SMILES string of the molecule is CC(NC(=O)C(C)N1CCN(c2ncccn2)CC1)C1CC2CCC1C2. The van der Waals surface area contributed by atoms with E-state index < -0.39 is 0 Å². The Morgan fingerprint density at radius 3 is 2.46 bits per heavy atom. The average Bonchev–Trinajstić information content (AvgIpc) is 3.32. The van der Waals surface area contributed by atoms with Gasteiger partial charge in [0.25, 0.3) is 0 Å². The smallest absolute Gasteiger partial charge is 0.237 e. The minimum absolute atomic E-state index is 0.0742. The summed E-state index contributed by atoms with van der Waals surface area (Å²) in [6.07, 6.45) is 9.05. The number of nitrogens with one attached hydrogen (secondary N) is 1. The first-order valence-electron chi connectivity index (χ1n) is 10.2. The van der Waals surface area contributed by atoms with Gasteiger partial charge in [-0.25, -0.2) is 9.97 Å².